The Morgan fingerprint density at radius 2 is 1.69 bits per heavy atom. The zero-order chi connectivity index (χ0) is 18.2. The Labute approximate surface area is 158 Å². The van der Waals surface area contributed by atoms with Gasteiger partial charge in [0.25, 0.3) is 0 Å². The first-order valence-electron chi connectivity index (χ1n) is 10.6. The SMILES string of the molecule is NC(N)=N/N=C/C1CCC2(CC1)CCC(COCCN1CCCC1)CC2. The standard InChI is InChI=1S/C20H37N5O/c21-19(22)24-23-15-17-3-7-20(8-4-17)9-5-18(6-10-20)16-26-14-13-25-11-1-2-12-25/h15,17-18H,1-14,16H2,(H4,21,22,24)/b23-15+. The van der Waals surface area contributed by atoms with E-state index < -0.39 is 0 Å². The molecule has 6 heteroatoms. The Morgan fingerprint density at radius 1 is 1.04 bits per heavy atom. The molecule has 4 N–H and O–H groups in total. The first kappa shape index (κ1) is 19.6. The molecule has 2 saturated carbocycles. The van der Waals surface area contributed by atoms with Crippen LogP contribution in [0.1, 0.15) is 64.2 Å². The Hall–Kier alpha value is -1.14. The third kappa shape index (κ3) is 5.95. The Bertz CT molecular complexity index is 465. The van der Waals surface area contributed by atoms with Gasteiger partial charge in [0, 0.05) is 19.4 Å². The Kier molecular flexibility index (Phi) is 7.32. The van der Waals surface area contributed by atoms with Crippen molar-refractivity contribution in [2.24, 2.45) is 38.9 Å². The van der Waals surface area contributed by atoms with E-state index >= 15 is 0 Å². The van der Waals surface area contributed by atoms with Gasteiger partial charge in [-0.3, -0.25) is 0 Å². The monoisotopic (exact) mass is 363 g/mol. The van der Waals surface area contributed by atoms with E-state index in [4.69, 9.17) is 16.2 Å². The van der Waals surface area contributed by atoms with E-state index in [0.29, 0.717) is 11.3 Å². The lowest BCUT2D eigenvalue weighted by Crippen LogP contribution is -2.33. The third-order valence-corrected chi connectivity index (χ3v) is 6.81. The summed E-state index contributed by atoms with van der Waals surface area (Å²) in [6, 6.07) is 0. The van der Waals surface area contributed by atoms with Crippen molar-refractivity contribution in [1.82, 2.24) is 4.90 Å². The lowest BCUT2D eigenvalue weighted by Gasteiger charge is -2.44. The average Bonchev–Trinajstić information content (AvgIpc) is 3.15. The first-order valence-corrected chi connectivity index (χ1v) is 10.6. The van der Waals surface area contributed by atoms with Crippen LogP contribution in [0.15, 0.2) is 10.2 Å². The van der Waals surface area contributed by atoms with Crippen molar-refractivity contribution in [3.8, 4) is 0 Å². The minimum atomic E-state index is 0.0366. The summed E-state index contributed by atoms with van der Waals surface area (Å²) in [4.78, 5) is 2.53. The van der Waals surface area contributed by atoms with Crippen LogP contribution in [0.5, 0.6) is 0 Å². The predicted octanol–water partition coefficient (Wildman–Crippen LogP) is 2.72. The van der Waals surface area contributed by atoms with Gasteiger partial charge in [0.05, 0.1) is 6.61 Å². The molecule has 1 saturated heterocycles. The van der Waals surface area contributed by atoms with Gasteiger partial charge in [-0.1, -0.05) is 0 Å². The summed E-state index contributed by atoms with van der Waals surface area (Å²) in [5.74, 6) is 1.35. The second-order valence-corrected chi connectivity index (χ2v) is 8.69. The quantitative estimate of drug-likeness (QED) is 0.315. The van der Waals surface area contributed by atoms with Crippen LogP contribution in [-0.4, -0.2) is 49.9 Å². The smallest absolute Gasteiger partial charge is 0.211 e. The van der Waals surface area contributed by atoms with Gasteiger partial charge in [0.1, 0.15) is 0 Å². The molecule has 0 aromatic rings. The zero-order valence-corrected chi connectivity index (χ0v) is 16.2. The summed E-state index contributed by atoms with van der Waals surface area (Å²) >= 11 is 0. The van der Waals surface area contributed by atoms with Crippen molar-refractivity contribution in [1.29, 1.82) is 0 Å². The van der Waals surface area contributed by atoms with E-state index in [0.717, 1.165) is 25.7 Å². The number of nitrogens with two attached hydrogens (primary N) is 2. The molecule has 0 unspecified atom stereocenters. The molecule has 3 aliphatic rings. The fraction of sp³-hybridized carbons (Fsp3) is 0.900. The van der Waals surface area contributed by atoms with Crippen molar-refractivity contribution < 1.29 is 4.74 Å². The molecular weight excluding hydrogens is 326 g/mol. The lowest BCUT2D eigenvalue weighted by atomic mass is 9.62. The fourth-order valence-electron chi connectivity index (χ4n) is 5.00. The van der Waals surface area contributed by atoms with E-state index in [1.54, 1.807) is 0 Å². The molecule has 1 aliphatic heterocycles. The molecule has 2 aliphatic carbocycles. The number of rotatable bonds is 7. The normalized spacial score (nSPS) is 33.1. The molecule has 26 heavy (non-hydrogen) atoms. The van der Waals surface area contributed by atoms with Crippen molar-refractivity contribution in [2.75, 3.05) is 32.8 Å². The first-order chi connectivity index (χ1) is 12.7. The number of likely N-dealkylation sites (tertiary alicyclic amines) is 1. The zero-order valence-electron chi connectivity index (χ0n) is 16.2. The minimum Gasteiger partial charge on any atom is -0.380 e. The maximum Gasteiger partial charge on any atom is 0.211 e. The summed E-state index contributed by atoms with van der Waals surface area (Å²) in [5.41, 5.74) is 11.2. The number of hydrogen-bond acceptors (Lipinski definition) is 4. The van der Waals surface area contributed by atoms with Crippen molar-refractivity contribution in [3.05, 3.63) is 0 Å². The van der Waals surface area contributed by atoms with Crippen molar-refractivity contribution in [2.45, 2.75) is 64.2 Å². The summed E-state index contributed by atoms with van der Waals surface area (Å²) < 4.78 is 6.00. The van der Waals surface area contributed by atoms with Crippen molar-refractivity contribution >= 4 is 12.2 Å². The topological polar surface area (TPSA) is 89.2 Å². The highest BCUT2D eigenvalue weighted by molar-refractivity contribution is 5.76. The number of nitrogens with zero attached hydrogens (tertiary/aromatic N) is 3. The van der Waals surface area contributed by atoms with Crippen LogP contribution in [0.4, 0.5) is 0 Å². The molecule has 0 aromatic heterocycles. The van der Waals surface area contributed by atoms with Gasteiger partial charge >= 0.3 is 0 Å². The van der Waals surface area contributed by atoms with Crippen LogP contribution >= 0.6 is 0 Å². The van der Waals surface area contributed by atoms with Crippen molar-refractivity contribution in [3.63, 3.8) is 0 Å². The highest BCUT2D eigenvalue weighted by Gasteiger charge is 2.38. The van der Waals surface area contributed by atoms with Gasteiger partial charge in [-0.2, -0.15) is 5.10 Å². The summed E-state index contributed by atoms with van der Waals surface area (Å²) in [6.07, 6.45) is 15.2. The highest BCUT2D eigenvalue weighted by atomic mass is 16.5. The van der Waals surface area contributed by atoms with E-state index in [1.807, 2.05) is 6.21 Å². The maximum absolute atomic E-state index is 6.00. The van der Waals surface area contributed by atoms with Crippen LogP contribution in [0.25, 0.3) is 0 Å². The molecule has 0 bridgehead atoms. The molecule has 3 rings (SSSR count). The van der Waals surface area contributed by atoms with E-state index in [1.165, 1.54) is 77.3 Å². The number of hydrogen-bond donors (Lipinski definition) is 2. The Morgan fingerprint density at radius 3 is 2.35 bits per heavy atom. The summed E-state index contributed by atoms with van der Waals surface area (Å²) in [5, 5.41) is 7.72. The number of guanidine groups is 1. The largest absolute Gasteiger partial charge is 0.380 e. The van der Waals surface area contributed by atoms with Gasteiger partial charge in [-0.15, -0.1) is 5.10 Å². The highest BCUT2D eigenvalue weighted by Crippen LogP contribution is 2.49. The van der Waals surface area contributed by atoms with Crippen LogP contribution < -0.4 is 11.5 Å². The second-order valence-electron chi connectivity index (χ2n) is 8.69. The Balaban J connectivity index is 1.30. The molecule has 0 atom stereocenters. The van der Waals surface area contributed by atoms with Crippen LogP contribution in [0.2, 0.25) is 0 Å². The molecule has 148 valence electrons. The van der Waals surface area contributed by atoms with E-state index in [-0.39, 0.29) is 5.96 Å². The maximum atomic E-state index is 6.00. The minimum absolute atomic E-state index is 0.0366. The molecule has 0 radical (unpaired) electrons. The van der Waals surface area contributed by atoms with Gasteiger partial charge in [0.15, 0.2) is 0 Å². The molecule has 0 aromatic carbocycles. The third-order valence-electron chi connectivity index (χ3n) is 6.81. The van der Waals surface area contributed by atoms with Crippen LogP contribution in [0.3, 0.4) is 0 Å². The molecule has 1 spiro atoms. The fourth-order valence-corrected chi connectivity index (χ4v) is 5.00. The van der Waals surface area contributed by atoms with E-state index in [2.05, 4.69) is 15.1 Å². The molecular formula is C20H37N5O. The average molecular weight is 364 g/mol. The van der Waals surface area contributed by atoms with Gasteiger partial charge in [-0.05, 0) is 94.5 Å². The van der Waals surface area contributed by atoms with Gasteiger partial charge in [-0.25, -0.2) is 0 Å². The molecule has 3 fully saturated rings. The van der Waals surface area contributed by atoms with Crippen LogP contribution in [-0.2, 0) is 4.74 Å². The van der Waals surface area contributed by atoms with Gasteiger partial charge in [0.2, 0.25) is 5.96 Å². The molecule has 1 heterocycles. The van der Waals surface area contributed by atoms with E-state index in [9.17, 15) is 0 Å². The summed E-state index contributed by atoms with van der Waals surface area (Å²) in [7, 11) is 0. The number of ether oxygens (including phenoxy) is 1. The predicted molar refractivity (Wildman–Crippen MR) is 107 cm³/mol. The molecule has 6 nitrogen and oxygen atoms in total. The van der Waals surface area contributed by atoms with Crippen LogP contribution in [0, 0.1) is 17.3 Å². The lowest BCUT2D eigenvalue weighted by molar-refractivity contribution is 0.0324. The second kappa shape index (κ2) is 9.70. The molecule has 0 amide bonds. The summed E-state index contributed by atoms with van der Waals surface area (Å²) in [6.45, 7) is 5.55. The van der Waals surface area contributed by atoms with Gasteiger partial charge < -0.3 is 21.1 Å².